The number of aromatic nitrogens is 1. The summed E-state index contributed by atoms with van der Waals surface area (Å²) in [7, 11) is 0. The molecule has 0 amide bonds. The highest BCUT2D eigenvalue weighted by Crippen LogP contribution is 2.16. The van der Waals surface area contributed by atoms with Crippen LogP contribution < -0.4 is 11.1 Å². The van der Waals surface area contributed by atoms with E-state index in [4.69, 9.17) is 5.73 Å². The number of pyridine rings is 1. The molecule has 4 heteroatoms. The van der Waals surface area contributed by atoms with Gasteiger partial charge in [-0.15, -0.1) is 0 Å². The van der Waals surface area contributed by atoms with Gasteiger partial charge in [-0.3, -0.25) is 4.98 Å². The highest BCUT2D eigenvalue weighted by molar-refractivity contribution is 5.54. The second kappa shape index (κ2) is 4.82. The number of aryl methyl sites for hydroxylation is 1. The van der Waals surface area contributed by atoms with Crippen LogP contribution in [0.3, 0.4) is 0 Å². The molecule has 17 heavy (non-hydrogen) atoms. The minimum Gasteiger partial charge on any atom is -0.399 e. The zero-order chi connectivity index (χ0) is 12.3. The van der Waals surface area contributed by atoms with Crippen LogP contribution in [-0.2, 0) is 6.54 Å². The van der Waals surface area contributed by atoms with Crippen molar-refractivity contribution in [3.63, 3.8) is 0 Å². The molecule has 3 nitrogen and oxygen atoms in total. The summed E-state index contributed by atoms with van der Waals surface area (Å²) in [5.74, 6) is -0.334. The van der Waals surface area contributed by atoms with Gasteiger partial charge in [-0.25, -0.2) is 4.39 Å². The van der Waals surface area contributed by atoms with Crippen LogP contribution in [0.25, 0.3) is 0 Å². The number of hydrogen-bond donors (Lipinski definition) is 2. The van der Waals surface area contributed by atoms with Gasteiger partial charge in [0.25, 0.3) is 0 Å². The number of nitrogens with two attached hydrogens (primary N) is 1. The number of nitrogens with one attached hydrogen (secondary N) is 1. The van der Waals surface area contributed by atoms with E-state index in [9.17, 15) is 4.39 Å². The molecule has 0 aliphatic carbocycles. The molecule has 2 rings (SSSR count). The normalized spacial score (nSPS) is 10.2. The number of nitrogen functional groups attached to an aromatic ring is 1. The van der Waals surface area contributed by atoms with Crippen molar-refractivity contribution in [1.29, 1.82) is 0 Å². The SMILES string of the molecule is Cc1cnccc1CNc1cc(N)cc(F)c1. The highest BCUT2D eigenvalue weighted by Gasteiger charge is 2.00. The Balaban J connectivity index is 2.10. The highest BCUT2D eigenvalue weighted by atomic mass is 19.1. The minimum atomic E-state index is -0.334. The number of halogens is 1. The maximum Gasteiger partial charge on any atom is 0.127 e. The Labute approximate surface area is 99.5 Å². The van der Waals surface area contributed by atoms with Crippen molar-refractivity contribution in [2.75, 3.05) is 11.1 Å². The molecular weight excluding hydrogens is 217 g/mol. The Morgan fingerprint density at radius 1 is 1.35 bits per heavy atom. The molecule has 88 valence electrons. The zero-order valence-electron chi connectivity index (χ0n) is 9.57. The topological polar surface area (TPSA) is 50.9 Å². The number of rotatable bonds is 3. The van der Waals surface area contributed by atoms with Crippen LogP contribution in [-0.4, -0.2) is 4.98 Å². The maximum absolute atomic E-state index is 13.1. The summed E-state index contributed by atoms with van der Waals surface area (Å²) in [5.41, 5.74) is 8.89. The molecular formula is C13H14FN3. The van der Waals surface area contributed by atoms with Crippen molar-refractivity contribution in [3.05, 3.63) is 53.6 Å². The number of hydrogen-bond acceptors (Lipinski definition) is 3. The largest absolute Gasteiger partial charge is 0.399 e. The Hall–Kier alpha value is -2.10. The second-order valence-electron chi connectivity index (χ2n) is 3.93. The molecule has 0 spiro atoms. The van der Waals surface area contributed by atoms with E-state index < -0.39 is 0 Å². The fourth-order valence-corrected chi connectivity index (χ4v) is 1.61. The number of anilines is 2. The quantitative estimate of drug-likeness (QED) is 0.798. The Morgan fingerprint density at radius 3 is 2.88 bits per heavy atom. The number of benzene rings is 1. The first-order valence-electron chi connectivity index (χ1n) is 5.34. The van der Waals surface area contributed by atoms with Gasteiger partial charge in [0.15, 0.2) is 0 Å². The van der Waals surface area contributed by atoms with E-state index in [0.717, 1.165) is 11.1 Å². The molecule has 0 fully saturated rings. The average Bonchev–Trinajstić information content (AvgIpc) is 2.27. The molecule has 0 saturated carbocycles. The molecule has 0 atom stereocenters. The van der Waals surface area contributed by atoms with Gasteiger partial charge in [0.2, 0.25) is 0 Å². The van der Waals surface area contributed by atoms with Gasteiger partial charge < -0.3 is 11.1 Å². The van der Waals surface area contributed by atoms with Crippen molar-refractivity contribution in [2.24, 2.45) is 0 Å². The molecule has 0 unspecified atom stereocenters. The van der Waals surface area contributed by atoms with E-state index >= 15 is 0 Å². The summed E-state index contributed by atoms with van der Waals surface area (Å²) in [6.45, 7) is 2.61. The smallest absolute Gasteiger partial charge is 0.127 e. The fraction of sp³-hybridized carbons (Fsp3) is 0.154. The molecule has 0 bridgehead atoms. The van der Waals surface area contributed by atoms with Crippen molar-refractivity contribution in [1.82, 2.24) is 4.98 Å². The lowest BCUT2D eigenvalue weighted by Gasteiger charge is -2.09. The van der Waals surface area contributed by atoms with Crippen molar-refractivity contribution in [2.45, 2.75) is 13.5 Å². The lowest BCUT2D eigenvalue weighted by atomic mass is 10.1. The monoisotopic (exact) mass is 231 g/mol. The Kier molecular flexibility index (Phi) is 3.23. The van der Waals surface area contributed by atoms with Crippen LogP contribution in [0.2, 0.25) is 0 Å². The molecule has 0 saturated heterocycles. The predicted molar refractivity (Wildman–Crippen MR) is 67.1 cm³/mol. The Bertz CT molecular complexity index is 506. The van der Waals surface area contributed by atoms with Crippen LogP contribution in [0, 0.1) is 12.7 Å². The van der Waals surface area contributed by atoms with Gasteiger partial charge in [-0.2, -0.15) is 0 Å². The van der Waals surface area contributed by atoms with Crippen LogP contribution in [0.1, 0.15) is 11.1 Å². The zero-order valence-corrected chi connectivity index (χ0v) is 9.57. The van der Waals surface area contributed by atoms with E-state index in [0.29, 0.717) is 17.9 Å². The van der Waals surface area contributed by atoms with Gasteiger partial charge in [0.05, 0.1) is 0 Å². The third-order valence-corrected chi connectivity index (χ3v) is 2.54. The molecule has 0 aliphatic rings. The van der Waals surface area contributed by atoms with Gasteiger partial charge in [0, 0.05) is 30.3 Å². The predicted octanol–water partition coefficient (Wildman–Crippen LogP) is 2.72. The summed E-state index contributed by atoms with van der Waals surface area (Å²) in [5, 5.41) is 3.14. The van der Waals surface area contributed by atoms with Gasteiger partial charge in [0.1, 0.15) is 5.82 Å². The molecule has 0 radical (unpaired) electrons. The van der Waals surface area contributed by atoms with Gasteiger partial charge in [-0.1, -0.05) is 0 Å². The number of nitrogens with zero attached hydrogens (tertiary/aromatic N) is 1. The summed E-state index contributed by atoms with van der Waals surface area (Å²) >= 11 is 0. The van der Waals surface area contributed by atoms with Crippen LogP contribution >= 0.6 is 0 Å². The summed E-state index contributed by atoms with van der Waals surface area (Å²) in [6.07, 6.45) is 3.54. The fourth-order valence-electron chi connectivity index (χ4n) is 1.61. The lowest BCUT2D eigenvalue weighted by molar-refractivity contribution is 0.629. The first-order chi connectivity index (χ1) is 8.15. The van der Waals surface area contributed by atoms with E-state index in [-0.39, 0.29) is 5.82 Å². The summed E-state index contributed by atoms with van der Waals surface area (Å²) in [6, 6.07) is 6.36. The van der Waals surface area contributed by atoms with Crippen LogP contribution in [0.15, 0.2) is 36.7 Å². The molecule has 3 N–H and O–H groups in total. The van der Waals surface area contributed by atoms with Crippen molar-refractivity contribution in [3.8, 4) is 0 Å². The van der Waals surface area contributed by atoms with Gasteiger partial charge in [-0.05, 0) is 42.3 Å². The first kappa shape index (κ1) is 11.4. The second-order valence-corrected chi connectivity index (χ2v) is 3.93. The van der Waals surface area contributed by atoms with E-state index in [2.05, 4.69) is 10.3 Å². The average molecular weight is 231 g/mol. The molecule has 1 heterocycles. The minimum absolute atomic E-state index is 0.334. The third-order valence-electron chi connectivity index (χ3n) is 2.54. The first-order valence-corrected chi connectivity index (χ1v) is 5.34. The lowest BCUT2D eigenvalue weighted by Crippen LogP contribution is -2.02. The molecule has 1 aromatic carbocycles. The van der Waals surface area contributed by atoms with E-state index in [1.807, 2.05) is 13.0 Å². The van der Waals surface area contributed by atoms with Crippen molar-refractivity contribution >= 4 is 11.4 Å². The van der Waals surface area contributed by atoms with Gasteiger partial charge >= 0.3 is 0 Å². The summed E-state index contributed by atoms with van der Waals surface area (Å²) in [4.78, 5) is 4.02. The molecule has 0 aliphatic heterocycles. The van der Waals surface area contributed by atoms with Crippen LogP contribution in [0.5, 0.6) is 0 Å². The van der Waals surface area contributed by atoms with Crippen LogP contribution in [0.4, 0.5) is 15.8 Å². The molecule has 2 aromatic rings. The maximum atomic E-state index is 13.1. The van der Waals surface area contributed by atoms with E-state index in [1.54, 1.807) is 18.5 Å². The molecule has 1 aromatic heterocycles. The summed E-state index contributed by atoms with van der Waals surface area (Å²) < 4.78 is 13.1. The third kappa shape index (κ3) is 2.93. The Morgan fingerprint density at radius 2 is 2.18 bits per heavy atom. The van der Waals surface area contributed by atoms with Crippen molar-refractivity contribution < 1.29 is 4.39 Å². The van der Waals surface area contributed by atoms with E-state index in [1.165, 1.54) is 12.1 Å². The standard InChI is InChI=1S/C13H14FN3/c1-9-7-16-3-2-10(9)8-17-13-5-11(14)4-12(15)6-13/h2-7,17H,8,15H2,1H3.